The highest BCUT2D eigenvalue weighted by molar-refractivity contribution is 7.85. The van der Waals surface area contributed by atoms with Crippen LogP contribution in [-0.4, -0.2) is 21.6 Å². The summed E-state index contributed by atoms with van der Waals surface area (Å²) < 4.78 is 11.6. The second-order valence-electron chi connectivity index (χ2n) is 4.42. The maximum Gasteiger partial charge on any atom is 0.237 e. The third-order valence-corrected chi connectivity index (χ3v) is 3.96. The Kier molecular flexibility index (Phi) is 5.62. The molecule has 1 amide bonds. The smallest absolute Gasteiger partial charge is 0.237 e. The first-order valence-electron chi connectivity index (χ1n) is 5.58. The number of carbonyl (C=O) groups excluding carboxylic acids is 1. The molecule has 0 spiro atoms. The van der Waals surface area contributed by atoms with E-state index in [1.807, 2.05) is 13.8 Å². The van der Waals surface area contributed by atoms with E-state index in [2.05, 4.69) is 5.32 Å². The van der Waals surface area contributed by atoms with Gasteiger partial charge < -0.3 is 11.1 Å². The second kappa shape index (κ2) is 6.75. The molecule has 18 heavy (non-hydrogen) atoms. The molecule has 3 N–H and O–H groups in total. The van der Waals surface area contributed by atoms with Gasteiger partial charge in [-0.05, 0) is 24.1 Å². The Labute approximate surface area is 114 Å². The van der Waals surface area contributed by atoms with Crippen molar-refractivity contribution in [2.24, 2.45) is 5.92 Å². The summed E-state index contributed by atoms with van der Waals surface area (Å²) in [5, 5.41) is 3.10. The number of benzene rings is 1. The van der Waals surface area contributed by atoms with E-state index in [1.165, 1.54) is 0 Å². The van der Waals surface area contributed by atoms with E-state index in [0.29, 0.717) is 28.1 Å². The topological polar surface area (TPSA) is 72.2 Å². The number of anilines is 2. The molecule has 1 unspecified atom stereocenters. The van der Waals surface area contributed by atoms with Crippen LogP contribution in [0.25, 0.3) is 0 Å². The fourth-order valence-electron chi connectivity index (χ4n) is 1.40. The summed E-state index contributed by atoms with van der Waals surface area (Å²) >= 11 is 5.81. The van der Waals surface area contributed by atoms with Gasteiger partial charge in [0.05, 0.1) is 11.4 Å². The molecular formula is C12H17ClN2O2S. The van der Waals surface area contributed by atoms with Crippen molar-refractivity contribution in [2.45, 2.75) is 13.8 Å². The van der Waals surface area contributed by atoms with Crippen LogP contribution in [0.15, 0.2) is 18.2 Å². The summed E-state index contributed by atoms with van der Waals surface area (Å²) in [4.78, 5) is 11.7. The molecule has 0 aromatic heterocycles. The van der Waals surface area contributed by atoms with Gasteiger partial charge >= 0.3 is 0 Å². The number of rotatable bonds is 5. The van der Waals surface area contributed by atoms with E-state index < -0.39 is 10.8 Å². The van der Waals surface area contributed by atoms with Crippen LogP contribution in [0, 0.1) is 5.92 Å². The van der Waals surface area contributed by atoms with Crippen molar-refractivity contribution in [1.82, 2.24) is 0 Å². The lowest BCUT2D eigenvalue weighted by atomic mass is 10.2. The normalized spacial score (nSPS) is 12.4. The maximum atomic E-state index is 11.7. The first kappa shape index (κ1) is 15.0. The van der Waals surface area contributed by atoms with Crippen LogP contribution in [-0.2, 0) is 15.6 Å². The van der Waals surface area contributed by atoms with Crippen molar-refractivity contribution in [3.8, 4) is 0 Å². The number of amides is 1. The van der Waals surface area contributed by atoms with Crippen LogP contribution >= 0.6 is 11.6 Å². The van der Waals surface area contributed by atoms with Crippen molar-refractivity contribution < 1.29 is 9.00 Å². The highest BCUT2D eigenvalue weighted by atomic mass is 35.5. The van der Waals surface area contributed by atoms with Gasteiger partial charge in [0.25, 0.3) is 0 Å². The predicted octanol–water partition coefficient (Wildman–Crippen LogP) is 2.27. The van der Waals surface area contributed by atoms with Gasteiger partial charge in [0.15, 0.2) is 0 Å². The zero-order valence-corrected chi connectivity index (χ0v) is 12.0. The maximum absolute atomic E-state index is 11.7. The fraction of sp³-hybridized carbons (Fsp3) is 0.417. The summed E-state index contributed by atoms with van der Waals surface area (Å²) in [7, 11) is -1.15. The molecule has 0 radical (unpaired) electrons. The highest BCUT2D eigenvalue weighted by Gasteiger charge is 2.11. The van der Waals surface area contributed by atoms with Gasteiger partial charge in [-0.2, -0.15) is 0 Å². The Balaban J connectivity index is 2.59. The number of halogens is 1. The number of nitrogens with one attached hydrogen (secondary N) is 1. The van der Waals surface area contributed by atoms with E-state index in [9.17, 15) is 9.00 Å². The van der Waals surface area contributed by atoms with Crippen molar-refractivity contribution in [2.75, 3.05) is 22.6 Å². The van der Waals surface area contributed by atoms with E-state index >= 15 is 0 Å². The van der Waals surface area contributed by atoms with Gasteiger partial charge in [0, 0.05) is 21.6 Å². The molecule has 1 atom stereocenters. The van der Waals surface area contributed by atoms with Gasteiger partial charge in [-0.25, -0.2) is 0 Å². The molecule has 0 saturated carbocycles. The van der Waals surface area contributed by atoms with Gasteiger partial charge in [-0.1, -0.05) is 25.4 Å². The minimum Gasteiger partial charge on any atom is -0.397 e. The molecule has 6 heteroatoms. The highest BCUT2D eigenvalue weighted by Crippen LogP contribution is 2.22. The van der Waals surface area contributed by atoms with Crippen molar-refractivity contribution in [3.05, 3.63) is 23.2 Å². The number of hydrogen-bond acceptors (Lipinski definition) is 3. The summed E-state index contributed by atoms with van der Waals surface area (Å²) in [6.45, 7) is 3.93. The molecule has 0 heterocycles. The average Bonchev–Trinajstić information content (AvgIpc) is 2.21. The zero-order chi connectivity index (χ0) is 13.7. The van der Waals surface area contributed by atoms with E-state index in [-0.39, 0.29) is 11.7 Å². The lowest BCUT2D eigenvalue weighted by Gasteiger charge is -2.09. The molecule has 4 nitrogen and oxygen atoms in total. The summed E-state index contributed by atoms with van der Waals surface area (Å²) in [5.41, 5.74) is 6.59. The molecule has 100 valence electrons. The van der Waals surface area contributed by atoms with Crippen LogP contribution in [0.2, 0.25) is 5.02 Å². The van der Waals surface area contributed by atoms with Gasteiger partial charge in [-0.15, -0.1) is 0 Å². The number of nitrogen functional groups attached to an aromatic ring is 1. The lowest BCUT2D eigenvalue weighted by molar-refractivity contribution is -0.113. The minimum absolute atomic E-state index is 0.0237. The molecule has 0 aliphatic rings. The van der Waals surface area contributed by atoms with E-state index in [1.54, 1.807) is 18.2 Å². The van der Waals surface area contributed by atoms with E-state index in [0.717, 1.165) is 0 Å². The van der Waals surface area contributed by atoms with Gasteiger partial charge in [0.2, 0.25) is 5.91 Å². The van der Waals surface area contributed by atoms with Crippen LogP contribution < -0.4 is 11.1 Å². The Morgan fingerprint density at radius 3 is 2.78 bits per heavy atom. The zero-order valence-electron chi connectivity index (χ0n) is 10.4. The summed E-state index contributed by atoms with van der Waals surface area (Å²) in [6, 6.07) is 4.83. The molecule has 1 aromatic carbocycles. The van der Waals surface area contributed by atoms with Crippen molar-refractivity contribution >= 4 is 39.7 Å². The molecule has 0 aliphatic carbocycles. The molecule has 1 aromatic rings. The first-order chi connectivity index (χ1) is 8.38. The Bertz CT molecular complexity index is 463. The number of nitrogens with two attached hydrogens (primary N) is 1. The monoisotopic (exact) mass is 288 g/mol. The summed E-state index contributed by atoms with van der Waals surface area (Å²) in [5.74, 6) is 0.473. The molecule has 1 rings (SSSR count). The van der Waals surface area contributed by atoms with Gasteiger partial charge in [-0.3, -0.25) is 9.00 Å². The van der Waals surface area contributed by atoms with Gasteiger partial charge in [0.1, 0.15) is 5.75 Å². The average molecular weight is 289 g/mol. The van der Waals surface area contributed by atoms with E-state index in [4.69, 9.17) is 17.3 Å². The largest absolute Gasteiger partial charge is 0.397 e. The quantitative estimate of drug-likeness (QED) is 0.817. The Morgan fingerprint density at radius 2 is 2.17 bits per heavy atom. The third kappa shape index (κ3) is 5.06. The van der Waals surface area contributed by atoms with Crippen molar-refractivity contribution in [1.29, 1.82) is 0 Å². The predicted molar refractivity (Wildman–Crippen MR) is 77.2 cm³/mol. The Hall–Kier alpha value is -1.07. The fourth-order valence-corrected chi connectivity index (χ4v) is 2.80. The molecule has 0 fully saturated rings. The second-order valence-corrected chi connectivity index (χ2v) is 6.36. The molecule has 0 bridgehead atoms. The number of hydrogen-bond donors (Lipinski definition) is 2. The number of carbonyl (C=O) groups is 1. The standard InChI is InChI=1S/C12H17ClN2O2S/c1-8(2)6-18(17)7-12(16)15-11-5-9(13)3-4-10(11)14/h3-5,8H,6-7,14H2,1-2H3,(H,15,16). The van der Waals surface area contributed by atoms with Crippen LogP contribution in [0.3, 0.4) is 0 Å². The van der Waals surface area contributed by atoms with Crippen LogP contribution in [0.4, 0.5) is 11.4 Å². The molecule has 0 aliphatic heterocycles. The molecular weight excluding hydrogens is 272 g/mol. The van der Waals surface area contributed by atoms with Crippen molar-refractivity contribution in [3.63, 3.8) is 0 Å². The first-order valence-corrected chi connectivity index (χ1v) is 7.45. The summed E-state index contributed by atoms with van der Waals surface area (Å²) in [6.07, 6.45) is 0. The lowest BCUT2D eigenvalue weighted by Crippen LogP contribution is -2.22. The SMILES string of the molecule is CC(C)CS(=O)CC(=O)Nc1cc(Cl)ccc1N. The third-order valence-electron chi connectivity index (χ3n) is 2.10. The Morgan fingerprint density at radius 1 is 1.50 bits per heavy atom. The molecule has 0 saturated heterocycles. The van der Waals surface area contributed by atoms with Crippen LogP contribution in [0.1, 0.15) is 13.8 Å². The minimum atomic E-state index is -1.15. The van der Waals surface area contributed by atoms with Crippen LogP contribution in [0.5, 0.6) is 0 Å².